The molecule has 2 aromatic rings. The van der Waals surface area contributed by atoms with Gasteiger partial charge in [-0.25, -0.2) is 8.42 Å². The van der Waals surface area contributed by atoms with Crippen molar-refractivity contribution in [1.29, 1.82) is 0 Å². The number of nitrogens with zero attached hydrogens (tertiary/aromatic N) is 1. The zero-order valence-corrected chi connectivity index (χ0v) is 14.2. The summed E-state index contributed by atoms with van der Waals surface area (Å²) in [6, 6.07) is 17.5. The van der Waals surface area contributed by atoms with Crippen molar-refractivity contribution in [3.63, 3.8) is 0 Å². The van der Waals surface area contributed by atoms with E-state index in [1.165, 1.54) is 17.0 Å². The van der Waals surface area contributed by atoms with Crippen LogP contribution in [0.5, 0.6) is 0 Å². The second-order valence-electron chi connectivity index (χ2n) is 5.41. The van der Waals surface area contributed by atoms with Gasteiger partial charge in [-0.3, -0.25) is 4.79 Å². The van der Waals surface area contributed by atoms with E-state index in [-0.39, 0.29) is 36.1 Å². The molecule has 1 N–H and O–H groups in total. The Bertz CT molecular complexity index is 745. The molecule has 0 radical (unpaired) electrons. The Balaban J connectivity index is 2.00. The minimum absolute atomic E-state index is 0.107. The summed E-state index contributed by atoms with van der Waals surface area (Å²) in [4.78, 5) is 14.1. The van der Waals surface area contributed by atoms with Gasteiger partial charge in [0.25, 0.3) is 0 Å². The number of aliphatic hydroxyl groups is 1. The molecular weight excluding hydrogens is 326 g/mol. The molecule has 24 heavy (non-hydrogen) atoms. The number of carbonyl (C=O) groups is 1. The van der Waals surface area contributed by atoms with Gasteiger partial charge < -0.3 is 10.0 Å². The first-order valence-corrected chi connectivity index (χ1v) is 9.38. The summed E-state index contributed by atoms with van der Waals surface area (Å²) >= 11 is 0. The van der Waals surface area contributed by atoms with Crippen molar-refractivity contribution in [3.05, 3.63) is 66.2 Å². The molecule has 0 fully saturated rings. The Hall–Kier alpha value is -2.18. The van der Waals surface area contributed by atoms with Crippen molar-refractivity contribution >= 4 is 15.7 Å². The fourth-order valence-electron chi connectivity index (χ4n) is 2.34. The lowest BCUT2D eigenvalue weighted by molar-refractivity contribution is -0.131. The van der Waals surface area contributed by atoms with Crippen molar-refractivity contribution < 1.29 is 18.3 Å². The number of amides is 1. The quantitative estimate of drug-likeness (QED) is 0.791. The van der Waals surface area contributed by atoms with E-state index in [1.807, 2.05) is 30.3 Å². The summed E-state index contributed by atoms with van der Waals surface area (Å²) in [5.41, 5.74) is 0.935. The van der Waals surface area contributed by atoms with Gasteiger partial charge in [0.05, 0.1) is 17.3 Å². The maximum Gasteiger partial charge on any atom is 0.223 e. The standard InChI is InChI=1S/C18H21NO4S/c20-13-12-19(15-16-7-3-1-4-8-16)18(21)11-14-24(22,23)17-9-5-2-6-10-17/h1-10,20H,11-15H2. The minimum atomic E-state index is -3.49. The Morgan fingerprint density at radius 3 is 2.12 bits per heavy atom. The van der Waals surface area contributed by atoms with Gasteiger partial charge in [-0.15, -0.1) is 0 Å². The van der Waals surface area contributed by atoms with Gasteiger partial charge in [-0.05, 0) is 17.7 Å². The number of benzene rings is 2. The lowest BCUT2D eigenvalue weighted by Gasteiger charge is -2.22. The first-order chi connectivity index (χ1) is 11.5. The van der Waals surface area contributed by atoms with Crippen LogP contribution in [0.3, 0.4) is 0 Å². The van der Waals surface area contributed by atoms with Crippen LogP contribution in [0.2, 0.25) is 0 Å². The highest BCUT2D eigenvalue weighted by atomic mass is 32.2. The topological polar surface area (TPSA) is 74.7 Å². The number of sulfone groups is 1. The van der Waals surface area contributed by atoms with Gasteiger partial charge >= 0.3 is 0 Å². The molecule has 0 heterocycles. The van der Waals surface area contributed by atoms with Crippen LogP contribution in [0.1, 0.15) is 12.0 Å². The predicted octanol–water partition coefficient (Wildman–Crippen LogP) is 1.87. The molecule has 2 aromatic carbocycles. The number of hydrogen-bond donors (Lipinski definition) is 1. The largest absolute Gasteiger partial charge is 0.395 e. The molecule has 2 rings (SSSR count). The predicted molar refractivity (Wildman–Crippen MR) is 92.1 cm³/mol. The Morgan fingerprint density at radius 1 is 0.958 bits per heavy atom. The molecule has 0 saturated carbocycles. The molecule has 0 aromatic heterocycles. The van der Waals surface area contributed by atoms with Crippen LogP contribution in [0.15, 0.2) is 65.6 Å². The fourth-order valence-corrected chi connectivity index (χ4v) is 3.59. The maximum absolute atomic E-state index is 12.4. The molecule has 0 unspecified atom stereocenters. The van der Waals surface area contributed by atoms with Gasteiger partial charge in [-0.2, -0.15) is 0 Å². The van der Waals surface area contributed by atoms with Crippen molar-refractivity contribution in [2.24, 2.45) is 0 Å². The van der Waals surface area contributed by atoms with Crippen LogP contribution < -0.4 is 0 Å². The monoisotopic (exact) mass is 347 g/mol. The molecule has 0 bridgehead atoms. The van der Waals surface area contributed by atoms with Crippen molar-refractivity contribution in [3.8, 4) is 0 Å². The van der Waals surface area contributed by atoms with Gasteiger partial charge in [0.15, 0.2) is 9.84 Å². The van der Waals surface area contributed by atoms with E-state index in [4.69, 9.17) is 5.11 Å². The van der Waals surface area contributed by atoms with Crippen LogP contribution >= 0.6 is 0 Å². The third-order valence-electron chi connectivity index (χ3n) is 3.63. The Kier molecular flexibility index (Phi) is 6.52. The van der Waals surface area contributed by atoms with Crippen molar-refractivity contribution in [1.82, 2.24) is 4.90 Å². The second kappa shape index (κ2) is 8.61. The lowest BCUT2D eigenvalue weighted by Crippen LogP contribution is -2.34. The van der Waals surface area contributed by atoms with Crippen LogP contribution in [0.25, 0.3) is 0 Å². The van der Waals surface area contributed by atoms with Crippen molar-refractivity contribution in [2.45, 2.75) is 17.9 Å². The first-order valence-electron chi connectivity index (χ1n) is 7.73. The summed E-state index contributed by atoms with van der Waals surface area (Å²) in [5.74, 6) is -0.528. The molecule has 6 heteroatoms. The van der Waals surface area contributed by atoms with Crippen LogP contribution in [0, 0.1) is 0 Å². The maximum atomic E-state index is 12.4. The number of carbonyl (C=O) groups excluding carboxylic acids is 1. The summed E-state index contributed by atoms with van der Waals surface area (Å²) < 4.78 is 24.5. The molecule has 0 aliphatic rings. The van der Waals surface area contributed by atoms with Crippen LogP contribution in [0.4, 0.5) is 0 Å². The first kappa shape index (κ1) is 18.2. The summed E-state index contributed by atoms with van der Waals surface area (Å²) in [6.45, 7) is 0.370. The fraction of sp³-hybridized carbons (Fsp3) is 0.278. The Labute approximate surface area is 142 Å². The molecule has 128 valence electrons. The SMILES string of the molecule is O=C(CCS(=O)(=O)c1ccccc1)N(CCO)Cc1ccccc1. The normalized spacial score (nSPS) is 11.2. The smallest absolute Gasteiger partial charge is 0.223 e. The molecule has 0 aliphatic heterocycles. The van der Waals surface area contributed by atoms with E-state index in [9.17, 15) is 13.2 Å². The van der Waals surface area contributed by atoms with Crippen LogP contribution in [-0.2, 0) is 21.2 Å². The highest BCUT2D eigenvalue weighted by Crippen LogP contribution is 2.13. The van der Waals surface area contributed by atoms with E-state index >= 15 is 0 Å². The van der Waals surface area contributed by atoms with E-state index in [1.54, 1.807) is 18.2 Å². The molecule has 1 amide bonds. The molecule has 0 aliphatic carbocycles. The minimum Gasteiger partial charge on any atom is -0.395 e. The summed E-state index contributed by atoms with van der Waals surface area (Å²) in [6.07, 6.45) is -0.107. The molecule has 0 atom stereocenters. The van der Waals surface area contributed by atoms with Gasteiger partial charge in [-0.1, -0.05) is 48.5 Å². The van der Waals surface area contributed by atoms with E-state index in [2.05, 4.69) is 0 Å². The number of rotatable bonds is 8. The molecule has 5 nitrogen and oxygen atoms in total. The average molecular weight is 347 g/mol. The lowest BCUT2D eigenvalue weighted by atomic mass is 10.2. The highest BCUT2D eigenvalue weighted by molar-refractivity contribution is 7.91. The number of hydrogen-bond acceptors (Lipinski definition) is 4. The summed E-state index contributed by atoms with van der Waals surface area (Å²) in [7, 11) is -3.49. The summed E-state index contributed by atoms with van der Waals surface area (Å²) in [5, 5.41) is 9.16. The van der Waals surface area contributed by atoms with E-state index in [0.717, 1.165) is 5.56 Å². The molecule has 0 spiro atoms. The Morgan fingerprint density at radius 2 is 1.54 bits per heavy atom. The zero-order valence-electron chi connectivity index (χ0n) is 13.3. The van der Waals surface area contributed by atoms with E-state index < -0.39 is 9.84 Å². The number of aliphatic hydroxyl groups excluding tert-OH is 1. The van der Waals surface area contributed by atoms with Gasteiger partial charge in [0, 0.05) is 19.5 Å². The second-order valence-corrected chi connectivity index (χ2v) is 7.52. The molecule has 0 saturated heterocycles. The van der Waals surface area contributed by atoms with Crippen LogP contribution in [-0.4, -0.2) is 43.2 Å². The van der Waals surface area contributed by atoms with Gasteiger partial charge in [0.1, 0.15) is 0 Å². The highest BCUT2D eigenvalue weighted by Gasteiger charge is 2.19. The third kappa shape index (κ3) is 5.18. The average Bonchev–Trinajstić information content (AvgIpc) is 2.61. The van der Waals surface area contributed by atoms with Crippen molar-refractivity contribution in [2.75, 3.05) is 18.9 Å². The zero-order chi connectivity index (χ0) is 17.4. The van der Waals surface area contributed by atoms with Gasteiger partial charge in [0.2, 0.25) is 5.91 Å². The van der Waals surface area contributed by atoms with E-state index in [0.29, 0.717) is 6.54 Å². The molecular formula is C18H21NO4S. The third-order valence-corrected chi connectivity index (χ3v) is 5.36.